The van der Waals surface area contributed by atoms with E-state index in [1.165, 1.54) is 22.9 Å². The maximum atomic E-state index is 13.0. The Kier molecular flexibility index (Phi) is 5.15. The van der Waals surface area contributed by atoms with Gasteiger partial charge in [0, 0.05) is 23.6 Å². The zero-order valence-corrected chi connectivity index (χ0v) is 15.6. The summed E-state index contributed by atoms with van der Waals surface area (Å²) in [7, 11) is 1.60. The predicted octanol–water partition coefficient (Wildman–Crippen LogP) is 3.35. The summed E-state index contributed by atoms with van der Waals surface area (Å²) in [6.07, 6.45) is 0.336. The van der Waals surface area contributed by atoms with Crippen molar-refractivity contribution in [3.63, 3.8) is 0 Å². The van der Waals surface area contributed by atoms with Crippen molar-refractivity contribution in [2.24, 2.45) is 0 Å². The van der Waals surface area contributed by atoms with Gasteiger partial charge < -0.3 is 9.26 Å². The minimum atomic E-state index is -0.334. The summed E-state index contributed by atoms with van der Waals surface area (Å²) < 4.78 is 24.9. The number of nitrogens with zero attached hydrogens (tertiary/aromatic N) is 4. The number of methoxy groups -OCH3 is 1. The van der Waals surface area contributed by atoms with Crippen LogP contribution >= 0.6 is 0 Å². The average Bonchev–Trinajstić information content (AvgIpc) is 3.23. The fourth-order valence-corrected chi connectivity index (χ4v) is 2.82. The molecule has 0 saturated heterocycles. The number of halogens is 1. The molecule has 4 aromatic rings. The number of hydrogen-bond acceptors (Lipinski definition) is 6. The van der Waals surface area contributed by atoms with Gasteiger partial charge in [0.15, 0.2) is 0 Å². The SMILES string of the molecule is COc1cccc(-c2ccc(=O)n(CCc3nc(-c4ccc(F)cc4)no3)n2)c1. The highest BCUT2D eigenvalue weighted by Gasteiger charge is 2.10. The lowest BCUT2D eigenvalue weighted by molar-refractivity contribution is 0.368. The molecule has 8 heteroatoms. The Hall–Kier alpha value is -3.81. The van der Waals surface area contributed by atoms with E-state index < -0.39 is 0 Å². The second kappa shape index (κ2) is 8.05. The van der Waals surface area contributed by atoms with E-state index in [1.54, 1.807) is 25.3 Å². The monoisotopic (exact) mass is 392 g/mol. The standard InChI is InChI=1S/C21H17FN4O3/c1-28-17-4-2-3-15(13-17)18-9-10-20(27)26(24-18)12-11-19-23-21(25-29-19)14-5-7-16(22)8-6-14/h2-10,13H,11-12H2,1H3. The van der Waals surface area contributed by atoms with E-state index >= 15 is 0 Å². The molecule has 0 saturated carbocycles. The molecule has 0 spiro atoms. The molecule has 29 heavy (non-hydrogen) atoms. The van der Waals surface area contributed by atoms with Gasteiger partial charge in [-0.3, -0.25) is 4.79 Å². The van der Waals surface area contributed by atoms with Crippen LogP contribution in [0.5, 0.6) is 5.75 Å². The minimum absolute atomic E-state index is 0.227. The van der Waals surface area contributed by atoms with Crippen LogP contribution in [0.2, 0.25) is 0 Å². The Bertz CT molecular complexity index is 1190. The lowest BCUT2D eigenvalue weighted by Gasteiger charge is -2.07. The van der Waals surface area contributed by atoms with E-state index in [0.717, 1.165) is 5.56 Å². The third kappa shape index (κ3) is 4.21. The second-order valence-corrected chi connectivity index (χ2v) is 6.28. The highest BCUT2D eigenvalue weighted by Crippen LogP contribution is 2.21. The Morgan fingerprint density at radius 1 is 1.07 bits per heavy atom. The van der Waals surface area contributed by atoms with Gasteiger partial charge in [0.2, 0.25) is 11.7 Å². The van der Waals surface area contributed by atoms with Crippen molar-refractivity contribution in [1.82, 2.24) is 19.9 Å². The number of aromatic nitrogens is 4. The first-order chi connectivity index (χ1) is 14.1. The van der Waals surface area contributed by atoms with Crippen molar-refractivity contribution >= 4 is 0 Å². The molecule has 0 aliphatic rings. The van der Waals surface area contributed by atoms with E-state index in [2.05, 4.69) is 15.2 Å². The van der Waals surface area contributed by atoms with Gasteiger partial charge in [0.1, 0.15) is 11.6 Å². The minimum Gasteiger partial charge on any atom is -0.497 e. The summed E-state index contributed by atoms with van der Waals surface area (Å²) in [4.78, 5) is 16.5. The van der Waals surface area contributed by atoms with E-state index in [0.29, 0.717) is 35.1 Å². The fraction of sp³-hybridized carbons (Fsp3) is 0.143. The summed E-state index contributed by atoms with van der Waals surface area (Å²) in [6, 6.07) is 16.4. The van der Waals surface area contributed by atoms with Crippen molar-refractivity contribution in [3.05, 3.63) is 82.7 Å². The molecule has 2 aromatic carbocycles. The Morgan fingerprint density at radius 3 is 2.69 bits per heavy atom. The van der Waals surface area contributed by atoms with Crippen LogP contribution in [0.15, 0.2) is 70.0 Å². The molecule has 146 valence electrons. The summed E-state index contributed by atoms with van der Waals surface area (Å²) in [5.74, 6) is 1.11. The Labute approximate surface area is 165 Å². The van der Waals surface area contributed by atoms with Gasteiger partial charge in [-0.2, -0.15) is 10.1 Å². The fourth-order valence-electron chi connectivity index (χ4n) is 2.82. The maximum absolute atomic E-state index is 13.0. The molecule has 0 aliphatic heterocycles. The van der Waals surface area contributed by atoms with Gasteiger partial charge in [0.25, 0.3) is 5.56 Å². The highest BCUT2D eigenvalue weighted by molar-refractivity contribution is 5.60. The van der Waals surface area contributed by atoms with Crippen LogP contribution in [-0.4, -0.2) is 27.0 Å². The predicted molar refractivity (Wildman–Crippen MR) is 104 cm³/mol. The first-order valence-corrected chi connectivity index (χ1v) is 8.93. The molecule has 0 amide bonds. The van der Waals surface area contributed by atoms with Crippen LogP contribution in [0.1, 0.15) is 5.89 Å². The number of rotatable bonds is 6. The summed E-state index contributed by atoms with van der Waals surface area (Å²) in [5, 5.41) is 8.33. The van der Waals surface area contributed by atoms with E-state index in [1.807, 2.05) is 24.3 Å². The van der Waals surface area contributed by atoms with Gasteiger partial charge in [-0.25, -0.2) is 9.07 Å². The third-order valence-corrected chi connectivity index (χ3v) is 4.34. The molecule has 0 radical (unpaired) electrons. The highest BCUT2D eigenvalue weighted by atomic mass is 19.1. The number of benzene rings is 2. The second-order valence-electron chi connectivity index (χ2n) is 6.28. The average molecular weight is 392 g/mol. The van der Waals surface area contributed by atoms with Gasteiger partial charge in [-0.05, 0) is 42.5 Å². The smallest absolute Gasteiger partial charge is 0.266 e. The lowest BCUT2D eigenvalue weighted by Crippen LogP contribution is -2.23. The molecule has 4 rings (SSSR count). The molecule has 0 atom stereocenters. The molecule has 2 aromatic heterocycles. The van der Waals surface area contributed by atoms with Crippen molar-refractivity contribution in [1.29, 1.82) is 0 Å². The van der Waals surface area contributed by atoms with Crippen LogP contribution in [0.4, 0.5) is 4.39 Å². The van der Waals surface area contributed by atoms with Crippen LogP contribution in [0.25, 0.3) is 22.6 Å². The molecule has 0 unspecified atom stereocenters. The van der Waals surface area contributed by atoms with Crippen LogP contribution < -0.4 is 10.3 Å². The number of ether oxygens (including phenoxy) is 1. The van der Waals surface area contributed by atoms with Crippen molar-refractivity contribution in [2.45, 2.75) is 13.0 Å². The van der Waals surface area contributed by atoms with E-state index in [9.17, 15) is 9.18 Å². The van der Waals surface area contributed by atoms with Gasteiger partial charge >= 0.3 is 0 Å². The van der Waals surface area contributed by atoms with Crippen molar-refractivity contribution < 1.29 is 13.7 Å². The number of aryl methyl sites for hydroxylation is 2. The Balaban J connectivity index is 1.51. The largest absolute Gasteiger partial charge is 0.497 e. The first-order valence-electron chi connectivity index (χ1n) is 8.93. The molecule has 7 nitrogen and oxygen atoms in total. The zero-order chi connectivity index (χ0) is 20.2. The maximum Gasteiger partial charge on any atom is 0.266 e. The normalized spacial score (nSPS) is 10.8. The van der Waals surface area contributed by atoms with Crippen molar-refractivity contribution in [2.75, 3.05) is 7.11 Å². The van der Waals surface area contributed by atoms with Gasteiger partial charge in [-0.1, -0.05) is 17.3 Å². The van der Waals surface area contributed by atoms with Crippen LogP contribution in [0.3, 0.4) is 0 Å². The molecule has 0 aliphatic carbocycles. The van der Waals surface area contributed by atoms with Crippen LogP contribution in [0, 0.1) is 5.82 Å². The summed E-state index contributed by atoms with van der Waals surface area (Å²) >= 11 is 0. The van der Waals surface area contributed by atoms with Crippen molar-refractivity contribution in [3.8, 4) is 28.4 Å². The lowest BCUT2D eigenvalue weighted by atomic mass is 10.1. The van der Waals surface area contributed by atoms with Crippen LogP contribution in [-0.2, 0) is 13.0 Å². The van der Waals surface area contributed by atoms with E-state index in [-0.39, 0.29) is 17.9 Å². The summed E-state index contributed by atoms with van der Waals surface area (Å²) in [6.45, 7) is 0.279. The zero-order valence-electron chi connectivity index (χ0n) is 15.6. The quantitative estimate of drug-likeness (QED) is 0.500. The number of hydrogen-bond donors (Lipinski definition) is 0. The molecular weight excluding hydrogens is 375 g/mol. The topological polar surface area (TPSA) is 83.0 Å². The van der Waals surface area contributed by atoms with E-state index in [4.69, 9.17) is 9.26 Å². The third-order valence-electron chi connectivity index (χ3n) is 4.34. The molecule has 2 heterocycles. The Morgan fingerprint density at radius 2 is 1.90 bits per heavy atom. The first kappa shape index (κ1) is 18.5. The molecule has 0 bridgehead atoms. The van der Waals surface area contributed by atoms with Gasteiger partial charge in [-0.15, -0.1) is 0 Å². The summed E-state index contributed by atoms with van der Waals surface area (Å²) in [5.41, 5.74) is 1.92. The molecule has 0 fully saturated rings. The molecular formula is C21H17FN4O3. The van der Waals surface area contributed by atoms with Gasteiger partial charge in [0.05, 0.1) is 19.3 Å². The molecule has 0 N–H and O–H groups in total.